The van der Waals surface area contributed by atoms with E-state index in [1.54, 1.807) is 18.2 Å². The molecule has 0 fully saturated rings. The van der Waals surface area contributed by atoms with Crippen LogP contribution in [0.4, 0.5) is 19.0 Å². The van der Waals surface area contributed by atoms with E-state index in [9.17, 15) is 13.2 Å². The molecule has 0 saturated heterocycles. The number of halogens is 4. The summed E-state index contributed by atoms with van der Waals surface area (Å²) in [6.07, 6.45) is -3.84. The summed E-state index contributed by atoms with van der Waals surface area (Å²) in [5, 5.41) is 0.571. The molecule has 0 bridgehead atoms. The smallest absolute Gasteiger partial charge is 0.416 e. The molecule has 112 valence electrons. The molecule has 2 rings (SSSR count). The van der Waals surface area contributed by atoms with Gasteiger partial charge in [0.25, 0.3) is 0 Å². The number of rotatable bonds is 3. The molecule has 0 unspecified atom stereocenters. The lowest BCUT2D eigenvalue weighted by Gasteiger charge is -2.11. The summed E-state index contributed by atoms with van der Waals surface area (Å²) in [5.41, 5.74) is 5.30. The maximum absolute atomic E-state index is 12.7. The summed E-state index contributed by atoms with van der Waals surface area (Å²) >= 11 is 5.97. The second kappa shape index (κ2) is 5.81. The van der Waals surface area contributed by atoms with Gasteiger partial charge in [-0.05, 0) is 36.2 Å². The number of nitrogens with zero attached hydrogens (tertiary/aromatic N) is 1. The van der Waals surface area contributed by atoms with Crippen molar-refractivity contribution in [2.75, 3.05) is 5.73 Å². The normalized spacial score (nSPS) is 11.5. The SMILES string of the molecule is CCc1cc(Oc2cc(C(F)(F)F)cc(N)n2)ccc1Cl. The Morgan fingerprint density at radius 3 is 2.57 bits per heavy atom. The van der Waals surface area contributed by atoms with E-state index in [0.717, 1.165) is 17.7 Å². The van der Waals surface area contributed by atoms with Crippen LogP contribution in [0.15, 0.2) is 30.3 Å². The highest BCUT2D eigenvalue weighted by Crippen LogP contribution is 2.33. The molecule has 0 spiro atoms. The van der Waals surface area contributed by atoms with Gasteiger partial charge in [-0.15, -0.1) is 0 Å². The Hall–Kier alpha value is -1.95. The highest BCUT2D eigenvalue weighted by molar-refractivity contribution is 6.31. The minimum Gasteiger partial charge on any atom is -0.439 e. The molecular weight excluding hydrogens is 305 g/mol. The number of aryl methyl sites for hydroxylation is 1. The number of pyridine rings is 1. The molecule has 0 aliphatic heterocycles. The maximum Gasteiger partial charge on any atom is 0.416 e. The third kappa shape index (κ3) is 3.78. The van der Waals surface area contributed by atoms with Crippen LogP contribution in [0.5, 0.6) is 11.6 Å². The highest BCUT2D eigenvalue weighted by Gasteiger charge is 2.31. The zero-order chi connectivity index (χ0) is 15.6. The van der Waals surface area contributed by atoms with Crippen LogP contribution in [0, 0.1) is 0 Å². The van der Waals surface area contributed by atoms with Crippen molar-refractivity contribution in [3.63, 3.8) is 0 Å². The van der Waals surface area contributed by atoms with E-state index in [1.807, 2.05) is 6.92 Å². The van der Waals surface area contributed by atoms with Crippen molar-refractivity contribution in [1.82, 2.24) is 4.98 Å². The minimum absolute atomic E-state index is 0.216. The van der Waals surface area contributed by atoms with Crippen LogP contribution in [0.25, 0.3) is 0 Å². The molecule has 1 aromatic carbocycles. The van der Waals surface area contributed by atoms with Gasteiger partial charge >= 0.3 is 6.18 Å². The van der Waals surface area contributed by atoms with E-state index >= 15 is 0 Å². The number of ether oxygens (including phenoxy) is 1. The first-order valence-electron chi connectivity index (χ1n) is 6.10. The zero-order valence-corrected chi connectivity index (χ0v) is 11.8. The van der Waals surface area contributed by atoms with Gasteiger partial charge in [0.1, 0.15) is 11.6 Å². The first-order valence-corrected chi connectivity index (χ1v) is 6.48. The van der Waals surface area contributed by atoms with Crippen LogP contribution in [0.3, 0.4) is 0 Å². The van der Waals surface area contributed by atoms with E-state index in [-0.39, 0.29) is 11.7 Å². The van der Waals surface area contributed by atoms with Gasteiger partial charge in [-0.1, -0.05) is 18.5 Å². The Bertz CT molecular complexity index is 659. The average molecular weight is 317 g/mol. The monoisotopic (exact) mass is 316 g/mol. The van der Waals surface area contributed by atoms with Gasteiger partial charge in [0.05, 0.1) is 5.56 Å². The number of hydrogen-bond donors (Lipinski definition) is 1. The topological polar surface area (TPSA) is 48.1 Å². The molecule has 7 heteroatoms. The van der Waals surface area contributed by atoms with Crippen LogP contribution < -0.4 is 10.5 Å². The van der Waals surface area contributed by atoms with Crippen molar-refractivity contribution in [2.24, 2.45) is 0 Å². The first kappa shape index (κ1) is 15.4. The molecule has 1 heterocycles. The second-order valence-electron chi connectivity index (χ2n) is 4.33. The summed E-state index contributed by atoms with van der Waals surface area (Å²) in [4.78, 5) is 3.74. The molecule has 0 atom stereocenters. The number of benzene rings is 1. The molecule has 21 heavy (non-hydrogen) atoms. The van der Waals surface area contributed by atoms with Gasteiger partial charge in [-0.25, -0.2) is 0 Å². The Morgan fingerprint density at radius 1 is 1.24 bits per heavy atom. The predicted octanol–water partition coefficient (Wildman–Crippen LogP) is 4.69. The number of aromatic nitrogens is 1. The van der Waals surface area contributed by atoms with Crippen LogP contribution in [-0.2, 0) is 12.6 Å². The molecule has 0 amide bonds. The molecule has 0 aliphatic rings. The first-order chi connectivity index (χ1) is 9.79. The molecule has 2 N–H and O–H groups in total. The largest absolute Gasteiger partial charge is 0.439 e. The number of alkyl halides is 3. The van der Waals surface area contributed by atoms with Crippen LogP contribution in [-0.4, -0.2) is 4.98 Å². The summed E-state index contributed by atoms with van der Waals surface area (Å²) in [6, 6.07) is 6.38. The van der Waals surface area contributed by atoms with Crippen molar-refractivity contribution in [3.8, 4) is 11.6 Å². The molecule has 1 aromatic heterocycles. The fraction of sp³-hybridized carbons (Fsp3) is 0.214. The highest BCUT2D eigenvalue weighted by atomic mass is 35.5. The van der Waals surface area contributed by atoms with E-state index in [0.29, 0.717) is 17.2 Å². The van der Waals surface area contributed by atoms with Crippen molar-refractivity contribution >= 4 is 17.4 Å². The van der Waals surface area contributed by atoms with E-state index < -0.39 is 11.7 Å². The molecule has 3 nitrogen and oxygen atoms in total. The lowest BCUT2D eigenvalue weighted by Crippen LogP contribution is -2.07. The van der Waals surface area contributed by atoms with Crippen molar-refractivity contribution < 1.29 is 17.9 Å². The van der Waals surface area contributed by atoms with Crippen molar-refractivity contribution in [3.05, 3.63) is 46.5 Å². The third-order valence-corrected chi connectivity index (χ3v) is 3.14. The summed E-state index contributed by atoms with van der Waals surface area (Å²) in [6.45, 7) is 1.91. The molecule has 2 aromatic rings. The standard InChI is InChI=1S/C14H12ClF3N2O/c1-2-8-5-10(3-4-11(8)15)21-13-7-9(14(16,17)18)6-12(19)20-13/h3-7H,2H2,1H3,(H2,19,20). The van der Waals surface area contributed by atoms with Crippen molar-refractivity contribution in [1.29, 1.82) is 0 Å². The summed E-state index contributed by atoms with van der Waals surface area (Å²) in [5.74, 6) is -0.126. The molecule has 0 saturated carbocycles. The number of hydrogen-bond acceptors (Lipinski definition) is 3. The predicted molar refractivity (Wildman–Crippen MR) is 74.6 cm³/mol. The van der Waals surface area contributed by atoms with Gasteiger partial charge in [-0.3, -0.25) is 0 Å². The quantitative estimate of drug-likeness (QED) is 0.893. The van der Waals surface area contributed by atoms with Gasteiger partial charge in [0.2, 0.25) is 5.88 Å². The fourth-order valence-corrected chi connectivity index (χ4v) is 2.00. The Balaban J connectivity index is 2.33. The fourth-order valence-electron chi connectivity index (χ4n) is 1.75. The van der Waals surface area contributed by atoms with Crippen LogP contribution in [0.2, 0.25) is 5.02 Å². The van der Waals surface area contributed by atoms with Crippen LogP contribution in [0.1, 0.15) is 18.1 Å². The Labute approximate surface area is 124 Å². The summed E-state index contributed by atoms with van der Waals surface area (Å²) in [7, 11) is 0. The van der Waals surface area contributed by atoms with Gasteiger partial charge in [-0.2, -0.15) is 18.2 Å². The van der Waals surface area contributed by atoms with Gasteiger partial charge in [0, 0.05) is 11.1 Å². The van der Waals surface area contributed by atoms with E-state index in [1.165, 1.54) is 0 Å². The second-order valence-corrected chi connectivity index (χ2v) is 4.73. The Kier molecular flexibility index (Phi) is 4.27. The number of anilines is 1. The van der Waals surface area contributed by atoms with Gasteiger partial charge < -0.3 is 10.5 Å². The minimum atomic E-state index is -4.51. The third-order valence-electron chi connectivity index (χ3n) is 2.77. The van der Waals surface area contributed by atoms with Crippen molar-refractivity contribution in [2.45, 2.75) is 19.5 Å². The number of nitrogens with two attached hydrogens (primary N) is 1. The van der Waals surface area contributed by atoms with E-state index in [2.05, 4.69) is 4.98 Å². The van der Waals surface area contributed by atoms with Crippen LogP contribution >= 0.6 is 11.6 Å². The lowest BCUT2D eigenvalue weighted by molar-refractivity contribution is -0.137. The number of nitrogen functional groups attached to an aromatic ring is 1. The molecule has 0 aliphatic carbocycles. The van der Waals surface area contributed by atoms with Gasteiger partial charge in [0.15, 0.2) is 0 Å². The average Bonchev–Trinajstić information content (AvgIpc) is 2.39. The maximum atomic E-state index is 12.7. The lowest BCUT2D eigenvalue weighted by atomic mass is 10.1. The Morgan fingerprint density at radius 2 is 1.95 bits per heavy atom. The summed E-state index contributed by atoms with van der Waals surface area (Å²) < 4.78 is 43.4. The zero-order valence-electron chi connectivity index (χ0n) is 11.0. The molecular formula is C14H12ClF3N2O. The molecule has 0 radical (unpaired) electrons. The van der Waals surface area contributed by atoms with E-state index in [4.69, 9.17) is 22.1 Å².